The lowest BCUT2D eigenvalue weighted by Gasteiger charge is -2.34. The summed E-state index contributed by atoms with van der Waals surface area (Å²) >= 11 is 0. The maximum atomic E-state index is 11.6. The average molecular weight is 389 g/mol. The molecule has 1 amide bonds. The van der Waals surface area contributed by atoms with Crippen molar-refractivity contribution in [2.75, 3.05) is 30.9 Å². The molecule has 7 nitrogen and oxygen atoms in total. The molecule has 1 aliphatic rings. The molecular formula is C19H23N3O4S. The van der Waals surface area contributed by atoms with Crippen molar-refractivity contribution in [3.8, 4) is 0 Å². The fourth-order valence-corrected chi connectivity index (χ4v) is 3.75. The van der Waals surface area contributed by atoms with Crippen LogP contribution >= 0.6 is 0 Å². The van der Waals surface area contributed by atoms with Crippen molar-refractivity contribution in [3.05, 3.63) is 59.7 Å². The number of hydrazine groups is 1. The molecule has 3 N–H and O–H groups in total. The molecule has 0 radical (unpaired) electrons. The van der Waals surface area contributed by atoms with Crippen molar-refractivity contribution in [3.63, 3.8) is 0 Å². The summed E-state index contributed by atoms with van der Waals surface area (Å²) in [5.74, 6) is 4.82. The zero-order valence-electron chi connectivity index (χ0n) is 15.1. The maximum Gasteiger partial charge on any atom is 0.265 e. The van der Waals surface area contributed by atoms with Crippen LogP contribution in [-0.4, -0.2) is 46.4 Å². The predicted octanol–water partition coefficient (Wildman–Crippen LogP) is 1.14. The van der Waals surface area contributed by atoms with Gasteiger partial charge in [0.2, 0.25) is 0 Å². The fourth-order valence-electron chi connectivity index (χ4n) is 3.12. The Balaban J connectivity index is 1.65. The monoisotopic (exact) mass is 389 g/mol. The summed E-state index contributed by atoms with van der Waals surface area (Å²) in [5, 5.41) is 0. The van der Waals surface area contributed by atoms with Gasteiger partial charge in [0.25, 0.3) is 5.91 Å². The van der Waals surface area contributed by atoms with Crippen molar-refractivity contribution in [2.24, 2.45) is 5.84 Å². The Morgan fingerprint density at radius 2 is 1.85 bits per heavy atom. The zero-order chi connectivity index (χ0) is 19.4. The van der Waals surface area contributed by atoms with Crippen LogP contribution in [0.1, 0.15) is 15.9 Å². The van der Waals surface area contributed by atoms with E-state index in [-0.39, 0.29) is 12.0 Å². The number of hydrogen-bond donors (Lipinski definition) is 2. The van der Waals surface area contributed by atoms with Crippen LogP contribution in [0, 0.1) is 0 Å². The maximum absolute atomic E-state index is 11.6. The van der Waals surface area contributed by atoms with E-state index in [9.17, 15) is 13.2 Å². The number of nitrogens with one attached hydrogen (secondary N) is 1. The minimum atomic E-state index is -3.19. The van der Waals surface area contributed by atoms with Crippen LogP contribution in [0.25, 0.3) is 0 Å². The van der Waals surface area contributed by atoms with Crippen molar-refractivity contribution < 1.29 is 17.9 Å². The van der Waals surface area contributed by atoms with E-state index in [1.165, 1.54) is 6.26 Å². The zero-order valence-corrected chi connectivity index (χ0v) is 15.9. The number of nitrogens with zero attached hydrogens (tertiary/aromatic N) is 1. The number of ether oxygens (including phenoxy) is 1. The summed E-state index contributed by atoms with van der Waals surface area (Å²) < 4.78 is 29.1. The topological polar surface area (TPSA) is 102 Å². The van der Waals surface area contributed by atoms with Gasteiger partial charge in [-0.2, -0.15) is 0 Å². The van der Waals surface area contributed by atoms with Gasteiger partial charge in [-0.05, 0) is 42.0 Å². The highest BCUT2D eigenvalue weighted by molar-refractivity contribution is 7.90. The van der Waals surface area contributed by atoms with E-state index in [0.29, 0.717) is 23.6 Å². The molecule has 2 aromatic carbocycles. The lowest BCUT2D eigenvalue weighted by atomic mass is 10.0. The molecule has 0 bridgehead atoms. The summed E-state index contributed by atoms with van der Waals surface area (Å²) in [7, 11) is -3.19. The molecule has 1 unspecified atom stereocenters. The number of amides is 1. The number of nitrogen functional groups attached to an aromatic ring is 1. The minimum Gasteiger partial charge on any atom is -0.374 e. The van der Waals surface area contributed by atoms with Crippen LogP contribution in [0.2, 0.25) is 0 Å². The molecule has 0 spiro atoms. The molecular weight excluding hydrogens is 366 g/mol. The van der Waals surface area contributed by atoms with Crippen LogP contribution in [-0.2, 0) is 21.0 Å². The van der Waals surface area contributed by atoms with Crippen LogP contribution < -0.4 is 16.2 Å². The van der Waals surface area contributed by atoms with E-state index < -0.39 is 9.84 Å². The number of benzene rings is 2. The van der Waals surface area contributed by atoms with E-state index >= 15 is 0 Å². The highest BCUT2D eigenvalue weighted by atomic mass is 32.2. The van der Waals surface area contributed by atoms with Gasteiger partial charge in [0.05, 0.1) is 17.6 Å². The molecule has 8 heteroatoms. The fraction of sp³-hybridized carbons (Fsp3) is 0.316. The molecule has 0 aromatic heterocycles. The number of carbonyl (C=O) groups excluding carboxylic acids is 1. The van der Waals surface area contributed by atoms with Gasteiger partial charge in [0.15, 0.2) is 9.84 Å². The summed E-state index contributed by atoms with van der Waals surface area (Å²) in [4.78, 5) is 14.0. The first-order chi connectivity index (χ1) is 12.9. The first-order valence-corrected chi connectivity index (χ1v) is 10.5. The largest absolute Gasteiger partial charge is 0.374 e. The molecule has 3 rings (SSSR count). The summed E-state index contributed by atoms with van der Waals surface area (Å²) in [5.41, 5.74) is 4.67. The highest BCUT2D eigenvalue weighted by Crippen LogP contribution is 2.22. The van der Waals surface area contributed by atoms with E-state index in [1.54, 1.807) is 24.3 Å². The van der Waals surface area contributed by atoms with Crippen molar-refractivity contribution in [1.29, 1.82) is 0 Å². The molecule has 1 aliphatic heterocycles. The molecule has 1 atom stereocenters. The van der Waals surface area contributed by atoms with Crippen LogP contribution in [0.5, 0.6) is 0 Å². The Labute approximate surface area is 159 Å². The van der Waals surface area contributed by atoms with E-state index in [1.807, 2.05) is 24.3 Å². The summed E-state index contributed by atoms with van der Waals surface area (Å²) in [6.45, 7) is 2.07. The Morgan fingerprint density at radius 3 is 2.44 bits per heavy atom. The van der Waals surface area contributed by atoms with Crippen LogP contribution in [0.4, 0.5) is 5.69 Å². The Kier molecular flexibility index (Phi) is 5.79. The molecule has 1 fully saturated rings. The highest BCUT2D eigenvalue weighted by Gasteiger charge is 2.21. The Bertz CT molecular complexity index is 896. The number of hydrogen-bond acceptors (Lipinski definition) is 6. The van der Waals surface area contributed by atoms with Gasteiger partial charge in [-0.25, -0.2) is 14.3 Å². The molecule has 1 saturated heterocycles. The third-order valence-electron chi connectivity index (χ3n) is 4.58. The Morgan fingerprint density at radius 1 is 1.19 bits per heavy atom. The van der Waals surface area contributed by atoms with E-state index in [4.69, 9.17) is 10.6 Å². The number of nitrogens with two attached hydrogens (primary N) is 1. The first kappa shape index (κ1) is 19.3. The van der Waals surface area contributed by atoms with Crippen LogP contribution in [0.15, 0.2) is 53.4 Å². The lowest BCUT2D eigenvalue weighted by molar-refractivity contribution is 0.0411. The first-order valence-electron chi connectivity index (χ1n) is 8.63. The van der Waals surface area contributed by atoms with Gasteiger partial charge < -0.3 is 9.64 Å². The average Bonchev–Trinajstić information content (AvgIpc) is 2.67. The number of anilines is 1. The second kappa shape index (κ2) is 8.08. The molecule has 1 heterocycles. The van der Waals surface area contributed by atoms with Gasteiger partial charge in [-0.1, -0.05) is 12.1 Å². The molecule has 144 valence electrons. The van der Waals surface area contributed by atoms with Gasteiger partial charge >= 0.3 is 0 Å². The third kappa shape index (κ3) is 4.85. The third-order valence-corrected chi connectivity index (χ3v) is 5.71. The van der Waals surface area contributed by atoms with Crippen molar-refractivity contribution in [2.45, 2.75) is 17.4 Å². The van der Waals surface area contributed by atoms with Crippen molar-refractivity contribution >= 4 is 21.4 Å². The van der Waals surface area contributed by atoms with Gasteiger partial charge in [0, 0.05) is 37.0 Å². The van der Waals surface area contributed by atoms with E-state index in [0.717, 1.165) is 24.2 Å². The van der Waals surface area contributed by atoms with Gasteiger partial charge in [0.1, 0.15) is 0 Å². The standard InChI is InChI=1S/C19H23N3O4S/c1-27(24,25)18-8-6-16(7-9-18)22-10-11-26-17(13-22)12-14-2-4-15(5-3-14)19(23)21-20/h2-9,17H,10-13,20H2,1H3,(H,21,23). The molecule has 2 aromatic rings. The van der Waals surface area contributed by atoms with Gasteiger partial charge in [-0.15, -0.1) is 0 Å². The quantitative estimate of drug-likeness (QED) is 0.452. The number of carbonyl (C=O) groups is 1. The number of sulfone groups is 1. The second-order valence-electron chi connectivity index (χ2n) is 6.58. The second-order valence-corrected chi connectivity index (χ2v) is 8.60. The lowest BCUT2D eigenvalue weighted by Crippen LogP contribution is -2.43. The summed E-state index contributed by atoms with van der Waals surface area (Å²) in [6, 6.07) is 14.2. The smallest absolute Gasteiger partial charge is 0.265 e. The normalized spacial score (nSPS) is 17.6. The Hall–Kier alpha value is -2.42. The van der Waals surface area contributed by atoms with Crippen molar-refractivity contribution in [1.82, 2.24) is 5.43 Å². The number of rotatable bonds is 5. The SMILES string of the molecule is CS(=O)(=O)c1ccc(N2CCOC(Cc3ccc(C(=O)NN)cc3)C2)cc1. The van der Waals surface area contributed by atoms with Gasteiger partial charge in [-0.3, -0.25) is 10.2 Å². The van der Waals surface area contributed by atoms with Crippen LogP contribution in [0.3, 0.4) is 0 Å². The minimum absolute atomic E-state index is 0.0162. The molecule has 0 saturated carbocycles. The predicted molar refractivity (Wildman–Crippen MR) is 103 cm³/mol. The molecule has 0 aliphatic carbocycles. The molecule has 27 heavy (non-hydrogen) atoms. The number of morpholine rings is 1. The van der Waals surface area contributed by atoms with E-state index in [2.05, 4.69) is 10.3 Å². The summed E-state index contributed by atoms with van der Waals surface area (Å²) in [6.07, 6.45) is 1.94.